The quantitative estimate of drug-likeness (QED) is 0.226. The van der Waals surface area contributed by atoms with Gasteiger partial charge in [-0.25, -0.2) is 4.79 Å². The van der Waals surface area contributed by atoms with Crippen LogP contribution in [0.3, 0.4) is 0 Å². The summed E-state index contributed by atoms with van der Waals surface area (Å²) in [4.78, 5) is 29.9. The second-order valence-electron chi connectivity index (χ2n) is 7.37. The van der Waals surface area contributed by atoms with Crippen molar-refractivity contribution in [3.63, 3.8) is 0 Å². The van der Waals surface area contributed by atoms with Gasteiger partial charge < -0.3 is 25.6 Å². The van der Waals surface area contributed by atoms with E-state index in [-0.39, 0.29) is 47.4 Å². The number of carbonyl (C=O) groups is 2. The maximum atomic E-state index is 11.9. The van der Waals surface area contributed by atoms with Gasteiger partial charge in [0.1, 0.15) is 0 Å². The topological polar surface area (TPSA) is 95.1 Å². The monoisotopic (exact) mass is 497 g/mol. The first-order valence-electron chi connectivity index (χ1n) is 9.52. The summed E-state index contributed by atoms with van der Waals surface area (Å²) in [5, 5.41) is 9.53. The van der Waals surface area contributed by atoms with Crippen LogP contribution < -0.4 is 16.0 Å². The molecule has 1 aliphatic heterocycles. The largest absolute Gasteiger partial charge is 0.450 e. The molecule has 0 aromatic heterocycles. The van der Waals surface area contributed by atoms with Crippen LogP contribution >= 0.6 is 24.0 Å². The first-order chi connectivity index (χ1) is 12.3. The van der Waals surface area contributed by atoms with Crippen LogP contribution in [0.15, 0.2) is 4.99 Å². The number of amides is 2. The zero-order chi connectivity index (χ0) is 19.6. The molecule has 0 spiro atoms. The average Bonchev–Trinajstić information content (AvgIpc) is 2.58. The molecule has 0 atom stereocenters. The summed E-state index contributed by atoms with van der Waals surface area (Å²) in [6, 6.07) is 0.266. The Labute approximate surface area is 180 Å². The van der Waals surface area contributed by atoms with E-state index in [1.807, 2.05) is 34.6 Å². The average molecular weight is 497 g/mol. The van der Waals surface area contributed by atoms with Crippen LogP contribution in [-0.4, -0.2) is 68.2 Å². The minimum atomic E-state index is -0.390. The third-order valence-corrected chi connectivity index (χ3v) is 4.05. The van der Waals surface area contributed by atoms with Crippen molar-refractivity contribution < 1.29 is 14.3 Å². The van der Waals surface area contributed by atoms with Crippen molar-refractivity contribution in [2.75, 3.05) is 39.3 Å². The molecule has 1 fully saturated rings. The van der Waals surface area contributed by atoms with Crippen LogP contribution in [0.1, 0.15) is 47.5 Å². The zero-order valence-electron chi connectivity index (χ0n) is 17.3. The normalized spacial score (nSPS) is 15.6. The van der Waals surface area contributed by atoms with E-state index in [1.165, 1.54) is 0 Å². The van der Waals surface area contributed by atoms with Crippen molar-refractivity contribution >= 4 is 41.9 Å². The van der Waals surface area contributed by atoms with Crippen molar-refractivity contribution in [1.82, 2.24) is 20.9 Å². The van der Waals surface area contributed by atoms with Gasteiger partial charge in [0.2, 0.25) is 5.91 Å². The van der Waals surface area contributed by atoms with E-state index in [0.717, 1.165) is 25.3 Å². The number of halogens is 1. The van der Waals surface area contributed by atoms with Crippen molar-refractivity contribution in [2.24, 2.45) is 10.4 Å². The standard InChI is InChI=1S/C18H35N5O3.HI/c1-6-19-16(21-11-10-20-15(24)18(3,4)5)22-14-8-12-23(13-9-14)17(25)26-7-2;/h14H,6-13H2,1-5H3,(H,20,24)(H2,19,21,22);1H. The zero-order valence-corrected chi connectivity index (χ0v) is 19.6. The number of hydrogen-bond donors (Lipinski definition) is 3. The summed E-state index contributed by atoms with van der Waals surface area (Å²) in [6.45, 7) is 13.0. The van der Waals surface area contributed by atoms with Gasteiger partial charge >= 0.3 is 6.09 Å². The number of hydrogen-bond acceptors (Lipinski definition) is 4. The summed E-state index contributed by atoms with van der Waals surface area (Å²) in [5.74, 6) is 0.768. The number of carbonyl (C=O) groups excluding carboxylic acids is 2. The van der Waals surface area contributed by atoms with Gasteiger partial charge in [-0.15, -0.1) is 24.0 Å². The fourth-order valence-electron chi connectivity index (χ4n) is 2.54. The Morgan fingerprint density at radius 1 is 1.15 bits per heavy atom. The number of nitrogens with zero attached hydrogens (tertiary/aromatic N) is 2. The second kappa shape index (κ2) is 13.0. The lowest BCUT2D eigenvalue weighted by molar-refractivity contribution is -0.128. The molecule has 3 N–H and O–H groups in total. The van der Waals surface area contributed by atoms with Crippen LogP contribution in [0.2, 0.25) is 0 Å². The highest BCUT2D eigenvalue weighted by Crippen LogP contribution is 2.12. The van der Waals surface area contributed by atoms with E-state index < -0.39 is 0 Å². The molecule has 1 rings (SSSR count). The molecule has 0 unspecified atom stereocenters. The van der Waals surface area contributed by atoms with E-state index >= 15 is 0 Å². The maximum Gasteiger partial charge on any atom is 0.409 e. The fourth-order valence-corrected chi connectivity index (χ4v) is 2.54. The molecule has 2 amide bonds. The molecular weight excluding hydrogens is 461 g/mol. The molecule has 0 aromatic rings. The van der Waals surface area contributed by atoms with E-state index in [4.69, 9.17) is 4.74 Å². The molecule has 0 aliphatic carbocycles. The van der Waals surface area contributed by atoms with E-state index in [1.54, 1.807) is 4.90 Å². The number of likely N-dealkylation sites (tertiary alicyclic amines) is 1. The van der Waals surface area contributed by atoms with Gasteiger partial charge in [-0.2, -0.15) is 0 Å². The Balaban J connectivity index is 0.00000676. The Bertz CT molecular complexity index is 486. The predicted octanol–water partition coefficient (Wildman–Crippen LogP) is 1.94. The Morgan fingerprint density at radius 3 is 2.30 bits per heavy atom. The van der Waals surface area contributed by atoms with Gasteiger partial charge in [-0.1, -0.05) is 20.8 Å². The molecule has 27 heavy (non-hydrogen) atoms. The number of guanidine groups is 1. The van der Waals surface area contributed by atoms with E-state index in [9.17, 15) is 9.59 Å². The first kappa shape index (κ1) is 25.7. The molecular formula is C18H36IN5O3. The van der Waals surface area contributed by atoms with Crippen molar-refractivity contribution in [3.05, 3.63) is 0 Å². The molecule has 1 saturated heterocycles. The molecule has 1 aliphatic rings. The number of aliphatic imine (C=N–C) groups is 1. The van der Waals surface area contributed by atoms with Crippen molar-refractivity contribution in [2.45, 2.75) is 53.5 Å². The highest BCUT2D eigenvalue weighted by molar-refractivity contribution is 14.0. The lowest BCUT2D eigenvalue weighted by Crippen LogP contribution is -2.50. The lowest BCUT2D eigenvalue weighted by atomic mass is 9.96. The molecule has 0 radical (unpaired) electrons. The van der Waals surface area contributed by atoms with Gasteiger partial charge in [0.05, 0.1) is 13.2 Å². The van der Waals surface area contributed by atoms with Crippen molar-refractivity contribution in [1.29, 1.82) is 0 Å². The summed E-state index contributed by atoms with van der Waals surface area (Å²) < 4.78 is 5.04. The molecule has 158 valence electrons. The first-order valence-corrected chi connectivity index (χ1v) is 9.52. The number of nitrogens with one attached hydrogen (secondary N) is 3. The van der Waals surface area contributed by atoms with E-state index in [0.29, 0.717) is 32.8 Å². The Morgan fingerprint density at radius 2 is 1.78 bits per heavy atom. The van der Waals surface area contributed by atoms with Crippen LogP contribution in [0.25, 0.3) is 0 Å². The minimum absolute atomic E-state index is 0. The molecule has 0 bridgehead atoms. The molecule has 1 heterocycles. The van der Waals surface area contributed by atoms with Crippen molar-refractivity contribution in [3.8, 4) is 0 Å². The van der Waals surface area contributed by atoms with Crippen LogP contribution in [-0.2, 0) is 9.53 Å². The SMILES string of the molecule is CCNC(=NCCNC(=O)C(C)(C)C)NC1CCN(C(=O)OCC)CC1.I. The van der Waals surface area contributed by atoms with Gasteiger partial charge in [-0.05, 0) is 26.7 Å². The molecule has 0 saturated carbocycles. The van der Waals surface area contributed by atoms with E-state index in [2.05, 4.69) is 20.9 Å². The van der Waals surface area contributed by atoms with Gasteiger partial charge in [0.15, 0.2) is 5.96 Å². The smallest absolute Gasteiger partial charge is 0.409 e. The fraction of sp³-hybridized carbons (Fsp3) is 0.833. The summed E-state index contributed by atoms with van der Waals surface area (Å²) in [5.41, 5.74) is -0.390. The predicted molar refractivity (Wildman–Crippen MR) is 119 cm³/mol. The third kappa shape index (κ3) is 10.0. The number of rotatable bonds is 6. The highest BCUT2D eigenvalue weighted by Gasteiger charge is 2.24. The van der Waals surface area contributed by atoms with Crippen LogP contribution in [0, 0.1) is 5.41 Å². The summed E-state index contributed by atoms with van der Waals surface area (Å²) in [6.07, 6.45) is 1.47. The van der Waals surface area contributed by atoms with Gasteiger partial charge in [0.25, 0.3) is 0 Å². The number of piperidine rings is 1. The Kier molecular flexibility index (Phi) is 12.4. The second-order valence-corrected chi connectivity index (χ2v) is 7.37. The van der Waals surface area contributed by atoms with Crippen LogP contribution in [0.5, 0.6) is 0 Å². The van der Waals surface area contributed by atoms with Crippen LogP contribution in [0.4, 0.5) is 4.79 Å². The highest BCUT2D eigenvalue weighted by atomic mass is 127. The Hall–Kier alpha value is -1.26. The third-order valence-electron chi connectivity index (χ3n) is 4.05. The summed E-state index contributed by atoms with van der Waals surface area (Å²) >= 11 is 0. The lowest BCUT2D eigenvalue weighted by Gasteiger charge is -2.32. The number of ether oxygens (including phenoxy) is 1. The van der Waals surface area contributed by atoms with Gasteiger partial charge in [0, 0.05) is 37.6 Å². The maximum absolute atomic E-state index is 11.9. The van der Waals surface area contributed by atoms with Gasteiger partial charge in [-0.3, -0.25) is 9.79 Å². The molecule has 9 heteroatoms. The molecule has 8 nitrogen and oxygen atoms in total. The minimum Gasteiger partial charge on any atom is -0.450 e. The molecule has 0 aromatic carbocycles. The summed E-state index contributed by atoms with van der Waals surface area (Å²) in [7, 11) is 0.